The number of benzene rings is 2. The highest BCUT2D eigenvalue weighted by molar-refractivity contribution is 5.70. The van der Waals surface area contributed by atoms with Crippen molar-refractivity contribution in [2.75, 3.05) is 20.2 Å². The lowest BCUT2D eigenvalue weighted by Crippen LogP contribution is -2.16. The summed E-state index contributed by atoms with van der Waals surface area (Å²) >= 11 is 0. The summed E-state index contributed by atoms with van der Waals surface area (Å²) in [5, 5.41) is 4.14. The molecular formula is C17H20N2O2. The maximum atomic E-state index is 10.3. The van der Waals surface area contributed by atoms with E-state index in [9.17, 15) is 4.91 Å². The van der Waals surface area contributed by atoms with Crippen molar-refractivity contribution in [3.8, 4) is 11.1 Å². The van der Waals surface area contributed by atoms with Gasteiger partial charge in [0.15, 0.2) is 0 Å². The van der Waals surface area contributed by atoms with Crippen LogP contribution in [0.1, 0.15) is 11.1 Å². The molecule has 0 amide bonds. The predicted octanol–water partition coefficient (Wildman–Crippen LogP) is 3.79. The summed E-state index contributed by atoms with van der Waals surface area (Å²) in [6, 6.07) is 16.6. The Balaban J connectivity index is 2.08. The average molecular weight is 284 g/mol. The Morgan fingerprint density at radius 3 is 2.43 bits per heavy atom. The fourth-order valence-electron chi connectivity index (χ4n) is 2.20. The molecule has 0 unspecified atom stereocenters. The first-order valence-electron chi connectivity index (χ1n) is 6.98. The minimum absolute atomic E-state index is 0.477. The lowest BCUT2D eigenvalue weighted by Gasteiger charge is -2.13. The molecule has 4 heteroatoms. The van der Waals surface area contributed by atoms with E-state index in [1.165, 1.54) is 21.7 Å². The lowest BCUT2D eigenvalue weighted by atomic mass is 9.96. The van der Waals surface area contributed by atoms with Gasteiger partial charge in [-0.25, -0.2) is 0 Å². The lowest BCUT2D eigenvalue weighted by molar-refractivity contribution is 0.100. The van der Waals surface area contributed by atoms with Crippen LogP contribution in [0.25, 0.3) is 11.1 Å². The van der Waals surface area contributed by atoms with Crippen LogP contribution in [0.15, 0.2) is 53.8 Å². The van der Waals surface area contributed by atoms with Crippen LogP contribution >= 0.6 is 0 Å². The fraction of sp³-hybridized carbons (Fsp3) is 0.294. The molecule has 0 bridgehead atoms. The van der Waals surface area contributed by atoms with E-state index in [2.05, 4.69) is 36.5 Å². The van der Waals surface area contributed by atoms with Crippen LogP contribution < -0.4 is 0 Å². The standard InChI is InChI=1S/C17H20N2O2/c1-14-7-3-5-9-16(14)17-10-6-4-8-15(17)13-21-12-11-19(2)18-20/h3-10H,11-13H2,1-2H3. The summed E-state index contributed by atoms with van der Waals surface area (Å²) in [6.45, 7) is 3.61. The van der Waals surface area contributed by atoms with Crippen molar-refractivity contribution < 1.29 is 4.74 Å². The Hall–Kier alpha value is -2.20. The van der Waals surface area contributed by atoms with Crippen molar-refractivity contribution in [1.29, 1.82) is 0 Å². The fourth-order valence-corrected chi connectivity index (χ4v) is 2.20. The molecule has 2 aromatic carbocycles. The van der Waals surface area contributed by atoms with Crippen LogP contribution in [0.4, 0.5) is 0 Å². The minimum atomic E-state index is 0.477. The largest absolute Gasteiger partial charge is 0.375 e. The molecule has 4 nitrogen and oxygen atoms in total. The number of hydrogen-bond donors (Lipinski definition) is 0. The molecule has 0 heterocycles. The molecule has 2 aromatic rings. The third-order valence-corrected chi connectivity index (χ3v) is 3.41. The van der Waals surface area contributed by atoms with Crippen LogP contribution in [-0.2, 0) is 11.3 Å². The van der Waals surface area contributed by atoms with E-state index in [-0.39, 0.29) is 0 Å². The van der Waals surface area contributed by atoms with Gasteiger partial charge in [-0.3, -0.25) is 5.01 Å². The second kappa shape index (κ2) is 7.55. The molecule has 0 saturated carbocycles. The highest BCUT2D eigenvalue weighted by Gasteiger charge is 2.07. The van der Waals surface area contributed by atoms with E-state index in [0.29, 0.717) is 19.8 Å². The molecule has 0 spiro atoms. The first kappa shape index (κ1) is 15.2. The second-order valence-corrected chi connectivity index (χ2v) is 4.99. The molecule has 110 valence electrons. The number of likely N-dealkylation sites (N-methyl/N-ethyl adjacent to an activating group) is 1. The Kier molecular flexibility index (Phi) is 5.46. The number of aryl methyl sites for hydroxylation is 1. The molecule has 0 N–H and O–H groups in total. The van der Waals surface area contributed by atoms with Gasteiger partial charge in [0.2, 0.25) is 0 Å². The van der Waals surface area contributed by atoms with Gasteiger partial charge in [0.1, 0.15) is 0 Å². The number of nitroso groups, excluding NO2 is 1. The van der Waals surface area contributed by atoms with Gasteiger partial charge in [-0.15, -0.1) is 4.91 Å². The highest BCUT2D eigenvalue weighted by atomic mass is 16.5. The van der Waals surface area contributed by atoms with E-state index in [1.54, 1.807) is 7.05 Å². The maximum absolute atomic E-state index is 10.3. The van der Waals surface area contributed by atoms with Crippen LogP contribution in [0.2, 0.25) is 0 Å². The van der Waals surface area contributed by atoms with Crippen molar-refractivity contribution in [1.82, 2.24) is 5.01 Å². The predicted molar refractivity (Wildman–Crippen MR) is 84.7 cm³/mol. The number of hydrogen-bond acceptors (Lipinski definition) is 3. The van der Waals surface area contributed by atoms with Gasteiger partial charge in [0.25, 0.3) is 0 Å². The molecule has 0 aliphatic heterocycles. The Morgan fingerprint density at radius 1 is 1.05 bits per heavy atom. The molecule has 0 radical (unpaired) electrons. The van der Waals surface area contributed by atoms with Crippen LogP contribution in [0.3, 0.4) is 0 Å². The molecule has 21 heavy (non-hydrogen) atoms. The summed E-state index contributed by atoms with van der Waals surface area (Å²) in [7, 11) is 1.64. The van der Waals surface area contributed by atoms with Gasteiger partial charge in [-0.2, -0.15) is 0 Å². The smallest absolute Gasteiger partial charge is 0.0723 e. The van der Waals surface area contributed by atoms with Gasteiger partial charge in [-0.1, -0.05) is 48.5 Å². The zero-order valence-corrected chi connectivity index (χ0v) is 12.5. The zero-order chi connectivity index (χ0) is 15.1. The molecule has 0 aliphatic carbocycles. The molecule has 0 aromatic heterocycles. The Labute approximate surface area is 125 Å². The molecule has 0 atom stereocenters. The van der Waals surface area contributed by atoms with Crippen molar-refractivity contribution in [3.05, 3.63) is 64.6 Å². The van der Waals surface area contributed by atoms with Crippen molar-refractivity contribution >= 4 is 0 Å². The third-order valence-electron chi connectivity index (χ3n) is 3.41. The molecule has 0 aliphatic rings. The van der Waals surface area contributed by atoms with Crippen LogP contribution in [0, 0.1) is 11.8 Å². The number of nitrogens with zero attached hydrogens (tertiary/aromatic N) is 2. The summed E-state index contributed by atoms with van der Waals surface area (Å²) in [4.78, 5) is 10.3. The van der Waals surface area contributed by atoms with Crippen molar-refractivity contribution in [2.45, 2.75) is 13.5 Å². The van der Waals surface area contributed by atoms with Crippen molar-refractivity contribution in [3.63, 3.8) is 0 Å². The van der Waals surface area contributed by atoms with Gasteiger partial charge >= 0.3 is 0 Å². The van der Waals surface area contributed by atoms with E-state index in [1.807, 2.05) is 24.3 Å². The summed E-state index contributed by atoms with van der Waals surface area (Å²) < 4.78 is 5.65. The number of ether oxygens (including phenoxy) is 1. The second-order valence-electron chi connectivity index (χ2n) is 4.99. The van der Waals surface area contributed by atoms with Gasteiger partial charge in [0, 0.05) is 7.05 Å². The van der Waals surface area contributed by atoms with Gasteiger partial charge in [-0.05, 0) is 29.2 Å². The van der Waals surface area contributed by atoms with Crippen molar-refractivity contribution in [2.24, 2.45) is 5.29 Å². The zero-order valence-electron chi connectivity index (χ0n) is 12.5. The maximum Gasteiger partial charge on any atom is 0.0723 e. The van der Waals surface area contributed by atoms with E-state index in [4.69, 9.17) is 4.74 Å². The first-order chi connectivity index (χ1) is 10.2. The van der Waals surface area contributed by atoms with E-state index >= 15 is 0 Å². The Morgan fingerprint density at radius 2 is 1.71 bits per heavy atom. The topological polar surface area (TPSA) is 41.9 Å². The normalized spacial score (nSPS) is 10.4. The first-order valence-corrected chi connectivity index (χ1v) is 6.98. The SMILES string of the molecule is Cc1ccccc1-c1ccccc1COCCN(C)N=O. The average Bonchev–Trinajstić information content (AvgIpc) is 2.52. The number of rotatable bonds is 7. The summed E-state index contributed by atoms with van der Waals surface area (Å²) in [6.07, 6.45) is 0. The van der Waals surface area contributed by atoms with Crippen LogP contribution in [0.5, 0.6) is 0 Å². The van der Waals surface area contributed by atoms with E-state index < -0.39 is 0 Å². The molecule has 0 saturated heterocycles. The summed E-state index contributed by atoms with van der Waals surface area (Å²) in [5.41, 5.74) is 4.81. The monoisotopic (exact) mass is 284 g/mol. The Bertz CT molecular complexity index is 599. The van der Waals surface area contributed by atoms with Crippen LogP contribution in [-0.4, -0.2) is 25.2 Å². The van der Waals surface area contributed by atoms with E-state index in [0.717, 1.165) is 5.56 Å². The third kappa shape index (κ3) is 4.13. The molecule has 0 fully saturated rings. The van der Waals surface area contributed by atoms with Gasteiger partial charge in [0.05, 0.1) is 25.0 Å². The summed E-state index contributed by atoms with van der Waals surface area (Å²) in [5.74, 6) is 0. The quantitative estimate of drug-likeness (QED) is 0.441. The molecule has 2 rings (SSSR count). The van der Waals surface area contributed by atoms with Gasteiger partial charge < -0.3 is 4.74 Å². The molecular weight excluding hydrogens is 264 g/mol. The minimum Gasteiger partial charge on any atom is -0.375 e. The highest BCUT2D eigenvalue weighted by Crippen LogP contribution is 2.27.